The highest BCUT2D eigenvalue weighted by molar-refractivity contribution is 7.89. The van der Waals surface area contributed by atoms with E-state index in [0.717, 1.165) is 37.4 Å². The number of ether oxygens (including phenoxy) is 1. The summed E-state index contributed by atoms with van der Waals surface area (Å²) in [7, 11) is -2.12. The molecule has 0 radical (unpaired) electrons. The van der Waals surface area contributed by atoms with E-state index in [9.17, 15) is 13.2 Å². The molecule has 1 fully saturated rings. The molecule has 0 unspecified atom stereocenters. The Morgan fingerprint density at radius 1 is 1.59 bits per heavy atom. The minimum atomic E-state index is -3.78. The Hall–Kier alpha value is -1.00. The van der Waals surface area contributed by atoms with Crippen LogP contribution in [0.15, 0.2) is 16.3 Å². The van der Waals surface area contributed by atoms with Gasteiger partial charge < -0.3 is 14.7 Å². The standard InChI is InChI=1S/C13H20N2O5S2/c1-20-6-5-15-4-2-10(9-15)8-14-22(18,19)11-3-7-21-12(11)13(16)17/h3,7,10,14H,2,4-6,8-9H2,1H3,(H,16,17)/t10-/m1/s1. The second-order valence-electron chi connectivity index (χ2n) is 5.22. The van der Waals surface area contributed by atoms with Crippen LogP contribution in [0.1, 0.15) is 16.1 Å². The SMILES string of the molecule is COCCN1CC[C@H](CNS(=O)(=O)c2ccsc2C(=O)O)C1. The van der Waals surface area contributed by atoms with E-state index in [1.807, 2.05) is 0 Å². The van der Waals surface area contributed by atoms with Crippen LogP contribution in [0.5, 0.6) is 0 Å². The molecule has 1 saturated heterocycles. The highest BCUT2D eigenvalue weighted by Gasteiger charge is 2.27. The van der Waals surface area contributed by atoms with E-state index in [0.29, 0.717) is 13.2 Å². The van der Waals surface area contributed by atoms with Crippen molar-refractivity contribution in [3.63, 3.8) is 0 Å². The molecular weight excluding hydrogens is 328 g/mol. The minimum absolute atomic E-state index is 0.152. The van der Waals surface area contributed by atoms with Crippen molar-refractivity contribution in [3.8, 4) is 0 Å². The van der Waals surface area contributed by atoms with Crippen molar-refractivity contribution in [1.29, 1.82) is 0 Å². The van der Waals surface area contributed by atoms with Gasteiger partial charge in [0.25, 0.3) is 0 Å². The number of nitrogens with zero attached hydrogens (tertiary/aromatic N) is 1. The van der Waals surface area contributed by atoms with Crippen molar-refractivity contribution < 1.29 is 23.1 Å². The number of aromatic carboxylic acids is 1. The maximum atomic E-state index is 12.2. The van der Waals surface area contributed by atoms with Gasteiger partial charge in [0.2, 0.25) is 10.0 Å². The fourth-order valence-corrected chi connectivity index (χ4v) is 4.85. The van der Waals surface area contributed by atoms with E-state index in [1.54, 1.807) is 7.11 Å². The van der Waals surface area contributed by atoms with Crippen molar-refractivity contribution in [1.82, 2.24) is 9.62 Å². The van der Waals surface area contributed by atoms with Gasteiger partial charge in [-0.3, -0.25) is 0 Å². The third kappa shape index (κ3) is 4.26. The number of nitrogens with one attached hydrogen (secondary N) is 1. The lowest BCUT2D eigenvalue weighted by molar-refractivity contribution is 0.0698. The van der Waals surface area contributed by atoms with Crippen LogP contribution in [0.2, 0.25) is 0 Å². The normalized spacial score (nSPS) is 19.6. The number of hydrogen-bond acceptors (Lipinski definition) is 6. The van der Waals surface area contributed by atoms with Gasteiger partial charge in [0, 0.05) is 26.7 Å². The molecule has 0 saturated carbocycles. The van der Waals surface area contributed by atoms with Gasteiger partial charge in [0.1, 0.15) is 9.77 Å². The summed E-state index contributed by atoms with van der Waals surface area (Å²) in [6.45, 7) is 3.57. The van der Waals surface area contributed by atoms with Crippen LogP contribution in [0, 0.1) is 5.92 Å². The topological polar surface area (TPSA) is 95.9 Å². The lowest BCUT2D eigenvalue weighted by atomic mass is 10.1. The molecule has 1 aromatic heterocycles. The summed E-state index contributed by atoms with van der Waals surface area (Å²) in [4.78, 5) is 13.0. The number of methoxy groups -OCH3 is 1. The molecule has 0 amide bonds. The molecule has 0 aliphatic carbocycles. The smallest absolute Gasteiger partial charge is 0.347 e. The minimum Gasteiger partial charge on any atom is -0.477 e. The van der Waals surface area contributed by atoms with Gasteiger partial charge in [0.15, 0.2) is 0 Å². The van der Waals surface area contributed by atoms with Gasteiger partial charge in [-0.05, 0) is 30.3 Å². The zero-order chi connectivity index (χ0) is 16.2. The first-order chi connectivity index (χ1) is 10.4. The summed E-state index contributed by atoms with van der Waals surface area (Å²) < 4.78 is 32.0. The zero-order valence-corrected chi connectivity index (χ0v) is 14.0. The van der Waals surface area contributed by atoms with Crippen molar-refractivity contribution in [2.75, 3.05) is 39.9 Å². The second-order valence-corrected chi connectivity index (χ2v) is 7.87. The third-order valence-electron chi connectivity index (χ3n) is 3.66. The summed E-state index contributed by atoms with van der Waals surface area (Å²) in [6.07, 6.45) is 0.918. The Kier molecular flexibility index (Phi) is 5.93. The first-order valence-electron chi connectivity index (χ1n) is 6.96. The molecule has 1 atom stereocenters. The molecule has 1 aliphatic heterocycles. The zero-order valence-electron chi connectivity index (χ0n) is 12.3. The maximum absolute atomic E-state index is 12.2. The summed E-state index contributed by atoms with van der Waals surface area (Å²) in [6, 6.07) is 1.33. The van der Waals surface area contributed by atoms with Crippen LogP contribution < -0.4 is 4.72 Å². The predicted molar refractivity (Wildman–Crippen MR) is 82.9 cm³/mol. The Bertz CT molecular complexity index is 614. The summed E-state index contributed by atoms with van der Waals surface area (Å²) >= 11 is 0.911. The lowest BCUT2D eigenvalue weighted by Gasteiger charge is -2.15. The van der Waals surface area contributed by atoms with Crippen LogP contribution in [-0.4, -0.2) is 64.3 Å². The van der Waals surface area contributed by atoms with E-state index in [4.69, 9.17) is 9.84 Å². The maximum Gasteiger partial charge on any atom is 0.347 e. The molecule has 124 valence electrons. The van der Waals surface area contributed by atoms with Gasteiger partial charge in [-0.15, -0.1) is 11.3 Å². The number of thiophene rings is 1. The highest BCUT2D eigenvalue weighted by atomic mass is 32.2. The Labute approximate surface area is 133 Å². The molecule has 1 aliphatic rings. The first-order valence-corrected chi connectivity index (χ1v) is 9.32. The van der Waals surface area contributed by atoms with Crippen LogP contribution in [-0.2, 0) is 14.8 Å². The summed E-state index contributed by atoms with van der Waals surface area (Å²) in [5.41, 5.74) is 0. The third-order valence-corrected chi connectivity index (χ3v) is 6.15. The van der Waals surface area contributed by atoms with E-state index >= 15 is 0 Å². The monoisotopic (exact) mass is 348 g/mol. The van der Waals surface area contributed by atoms with Gasteiger partial charge >= 0.3 is 5.97 Å². The van der Waals surface area contributed by atoms with Crippen molar-refractivity contribution in [3.05, 3.63) is 16.3 Å². The van der Waals surface area contributed by atoms with Crippen LogP contribution in [0.3, 0.4) is 0 Å². The molecular formula is C13H20N2O5S2. The lowest BCUT2D eigenvalue weighted by Crippen LogP contribution is -2.32. The molecule has 0 aromatic carbocycles. The fourth-order valence-electron chi connectivity index (χ4n) is 2.47. The summed E-state index contributed by atoms with van der Waals surface area (Å²) in [5.74, 6) is -0.986. The highest BCUT2D eigenvalue weighted by Crippen LogP contribution is 2.22. The second kappa shape index (κ2) is 7.51. The van der Waals surface area contributed by atoms with Gasteiger partial charge in [-0.1, -0.05) is 0 Å². The number of likely N-dealkylation sites (tertiary alicyclic amines) is 1. The predicted octanol–water partition coefficient (Wildman–Crippen LogP) is 0.693. The van der Waals surface area contributed by atoms with Crippen molar-refractivity contribution >= 4 is 27.3 Å². The molecule has 9 heteroatoms. The number of carboxylic acid groups (broad SMARTS) is 1. The van der Waals surface area contributed by atoms with Crippen molar-refractivity contribution in [2.24, 2.45) is 5.92 Å². The average Bonchev–Trinajstić information content (AvgIpc) is 3.12. The van der Waals surface area contributed by atoms with Crippen LogP contribution >= 0.6 is 11.3 Å². The number of carbonyl (C=O) groups is 1. The largest absolute Gasteiger partial charge is 0.477 e. The van der Waals surface area contributed by atoms with Crippen LogP contribution in [0.4, 0.5) is 0 Å². The molecule has 0 bridgehead atoms. The molecule has 2 heterocycles. The first kappa shape index (κ1) is 17.4. The molecule has 2 N–H and O–H groups in total. The van der Waals surface area contributed by atoms with Gasteiger partial charge in [0.05, 0.1) is 6.61 Å². The average molecular weight is 348 g/mol. The van der Waals surface area contributed by atoms with E-state index in [1.165, 1.54) is 11.4 Å². The van der Waals surface area contributed by atoms with E-state index in [2.05, 4.69) is 9.62 Å². The summed E-state index contributed by atoms with van der Waals surface area (Å²) in [5, 5.41) is 10.5. The fraction of sp³-hybridized carbons (Fsp3) is 0.615. The molecule has 7 nitrogen and oxygen atoms in total. The Morgan fingerprint density at radius 2 is 2.36 bits per heavy atom. The quantitative estimate of drug-likeness (QED) is 0.718. The number of hydrogen-bond donors (Lipinski definition) is 2. The number of rotatable bonds is 8. The molecule has 2 rings (SSSR count). The van der Waals surface area contributed by atoms with Gasteiger partial charge in [-0.2, -0.15) is 0 Å². The van der Waals surface area contributed by atoms with Gasteiger partial charge in [-0.25, -0.2) is 17.9 Å². The van der Waals surface area contributed by atoms with Crippen LogP contribution in [0.25, 0.3) is 0 Å². The van der Waals surface area contributed by atoms with E-state index < -0.39 is 16.0 Å². The van der Waals surface area contributed by atoms with Crippen molar-refractivity contribution in [2.45, 2.75) is 11.3 Å². The number of carboxylic acids is 1. The Morgan fingerprint density at radius 3 is 3.05 bits per heavy atom. The molecule has 22 heavy (non-hydrogen) atoms. The van der Waals surface area contributed by atoms with E-state index in [-0.39, 0.29) is 15.7 Å². The number of sulfonamides is 1. The Balaban J connectivity index is 1.91. The molecule has 1 aromatic rings. The molecule has 0 spiro atoms.